The Morgan fingerprint density at radius 1 is 1.32 bits per heavy atom. The molecule has 3 aromatic rings. The molecule has 0 unspecified atom stereocenters. The number of para-hydroxylation sites is 1. The van der Waals surface area contributed by atoms with Crippen LogP contribution in [0.5, 0.6) is 0 Å². The van der Waals surface area contributed by atoms with Gasteiger partial charge in [-0.25, -0.2) is 0 Å². The van der Waals surface area contributed by atoms with Gasteiger partial charge < -0.3 is 15.0 Å². The van der Waals surface area contributed by atoms with E-state index in [2.05, 4.69) is 10.3 Å². The van der Waals surface area contributed by atoms with Crippen LogP contribution >= 0.6 is 11.6 Å². The lowest BCUT2D eigenvalue weighted by molar-refractivity contribution is -0.385. The van der Waals surface area contributed by atoms with Gasteiger partial charge in [0.15, 0.2) is 0 Å². The number of hydrogen-bond donors (Lipinski definition) is 2. The number of nitrogens with one attached hydrogen (secondary N) is 2. The van der Waals surface area contributed by atoms with E-state index in [0.29, 0.717) is 23.7 Å². The Hall–Kier alpha value is -2.90. The van der Waals surface area contributed by atoms with E-state index in [1.54, 1.807) is 30.5 Å². The summed E-state index contributed by atoms with van der Waals surface area (Å²) in [5.41, 5.74) is 1.77. The number of ether oxygens (including phenoxy) is 1. The minimum Gasteiger partial charge on any atom is -0.373 e. The van der Waals surface area contributed by atoms with Crippen LogP contribution in [0.3, 0.4) is 0 Å². The molecule has 2 aromatic carbocycles. The first-order valence-corrected chi connectivity index (χ1v) is 10.6. The molecule has 1 aliphatic rings. The van der Waals surface area contributed by atoms with Crippen LogP contribution in [0.4, 0.5) is 5.69 Å². The van der Waals surface area contributed by atoms with Crippen molar-refractivity contribution >= 4 is 34.1 Å². The summed E-state index contributed by atoms with van der Waals surface area (Å²) in [4.78, 5) is 27.4. The summed E-state index contributed by atoms with van der Waals surface area (Å²) < 4.78 is 5.75. The Bertz CT molecular complexity index is 1120. The van der Waals surface area contributed by atoms with E-state index >= 15 is 0 Å². The van der Waals surface area contributed by atoms with Gasteiger partial charge in [0.1, 0.15) is 0 Å². The number of carbonyl (C=O) groups excluding carboxylic acids is 1. The summed E-state index contributed by atoms with van der Waals surface area (Å²) in [6.45, 7) is 3.10. The molecule has 162 valence electrons. The summed E-state index contributed by atoms with van der Waals surface area (Å²) in [5, 5.41) is 16.1. The number of nitro benzene ring substituents is 1. The lowest BCUT2D eigenvalue weighted by Gasteiger charge is -2.24. The number of carbonyl (C=O) groups is 1. The number of nitro groups is 1. The largest absolute Gasteiger partial charge is 0.373 e. The van der Waals surface area contributed by atoms with Gasteiger partial charge in [-0.05, 0) is 43.5 Å². The predicted octanol–water partition coefficient (Wildman–Crippen LogP) is 4.94. The van der Waals surface area contributed by atoms with Gasteiger partial charge in [0.25, 0.3) is 5.69 Å². The molecule has 0 bridgehead atoms. The zero-order chi connectivity index (χ0) is 22.0. The van der Waals surface area contributed by atoms with Crippen LogP contribution in [0.15, 0.2) is 48.7 Å². The molecule has 0 aliphatic carbocycles. The summed E-state index contributed by atoms with van der Waals surface area (Å²) in [5.74, 6) is -0.692. The number of H-pyrrole nitrogens is 1. The van der Waals surface area contributed by atoms with Gasteiger partial charge in [-0.15, -0.1) is 0 Å². The molecule has 0 spiro atoms. The number of aromatic nitrogens is 1. The smallest absolute Gasteiger partial charge is 0.273 e. The second kappa shape index (κ2) is 8.69. The van der Waals surface area contributed by atoms with Crippen LogP contribution in [-0.4, -0.2) is 34.6 Å². The van der Waals surface area contributed by atoms with E-state index in [9.17, 15) is 14.9 Å². The maximum absolute atomic E-state index is 12.9. The van der Waals surface area contributed by atoms with Crippen molar-refractivity contribution in [1.29, 1.82) is 0 Å². The zero-order valence-corrected chi connectivity index (χ0v) is 17.9. The second-order valence-electron chi connectivity index (χ2n) is 8.19. The molecule has 2 heterocycles. The van der Waals surface area contributed by atoms with Crippen molar-refractivity contribution in [3.05, 3.63) is 74.9 Å². The Kier molecular flexibility index (Phi) is 5.98. The summed E-state index contributed by atoms with van der Waals surface area (Å²) in [6, 6.07) is 12.0. The molecule has 7 nitrogen and oxygen atoms in total. The monoisotopic (exact) mass is 441 g/mol. The molecule has 1 aromatic heterocycles. The molecule has 2 atom stereocenters. The summed E-state index contributed by atoms with van der Waals surface area (Å²) in [7, 11) is 0. The Morgan fingerprint density at radius 3 is 2.87 bits per heavy atom. The van der Waals surface area contributed by atoms with Gasteiger partial charge in [0.05, 0.1) is 10.5 Å². The average molecular weight is 442 g/mol. The first-order chi connectivity index (χ1) is 14.9. The minimum atomic E-state index is -0.508. The normalized spacial score (nSPS) is 19.4. The number of amides is 1. The Labute approximate surface area is 184 Å². The standard InChI is InChI=1S/C23H24ClN3O4/c1-23(9-4-10-31-23)14-26-22(28)12-17(16-5-2-3-6-21(16)27(29)30)19-13-25-20-8-7-15(24)11-18(19)20/h2-3,5-8,11,13,17,25H,4,9-10,12,14H2,1H3,(H,26,28)/t17-,23-/m1/s1. The van der Waals surface area contributed by atoms with Gasteiger partial charge in [0, 0.05) is 59.2 Å². The number of halogens is 1. The summed E-state index contributed by atoms with van der Waals surface area (Å²) >= 11 is 6.21. The third kappa shape index (κ3) is 4.57. The fourth-order valence-electron chi connectivity index (χ4n) is 4.26. The fourth-order valence-corrected chi connectivity index (χ4v) is 4.43. The van der Waals surface area contributed by atoms with Crippen molar-refractivity contribution < 1.29 is 14.5 Å². The molecule has 1 fully saturated rings. The van der Waals surface area contributed by atoms with Crippen LogP contribution < -0.4 is 5.32 Å². The third-order valence-electron chi connectivity index (χ3n) is 5.91. The highest BCUT2D eigenvalue weighted by Gasteiger charge is 2.32. The van der Waals surface area contributed by atoms with Gasteiger partial charge in [-0.1, -0.05) is 29.8 Å². The number of hydrogen-bond acceptors (Lipinski definition) is 4. The maximum Gasteiger partial charge on any atom is 0.273 e. The van der Waals surface area contributed by atoms with E-state index in [1.807, 2.05) is 19.1 Å². The predicted molar refractivity (Wildman–Crippen MR) is 119 cm³/mol. The van der Waals surface area contributed by atoms with Crippen LogP contribution in [-0.2, 0) is 9.53 Å². The third-order valence-corrected chi connectivity index (χ3v) is 6.14. The molecule has 1 amide bonds. The number of rotatable bonds is 7. The molecule has 31 heavy (non-hydrogen) atoms. The van der Waals surface area contributed by atoms with Gasteiger partial charge in [0.2, 0.25) is 5.91 Å². The van der Waals surface area contributed by atoms with Crippen molar-refractivity contribution in [2.45, 2.75) is 37.7 Å². The zero-order valence-electron chi connectivity index (χ0n) is 17.2. The second-order valence-corrected chi connectivity index (χ2v) is 8.62. The van der Waals surface area contributed by atoms with Crippen LogP contribution in [0.2, 0.25) is 5.02 Å². The molecular formula is C23H24ClN3O4. The van der Waals surface area contributed by atoms with Crippen molar-refractivity contribution in [2.24, 2.45) is 0 Å². The average Bonchev–Trinajstić information content (AvgIpc) is 3.37. The molecule has 0 saturated carbocycles. The minimum absolute atomic E-state index is 0.0113. The SMILES string of the molecule is C[C@]1(CNC(=O)C[C@H](c2ccccc2[N+](=O)[O-])c2c[nH]c3ccc(Cl)cc23)CCCO1. The Morgan fingerprint density at radius 2 is 2.13 bits per heavy atom. The van der Waals surface area contributed by atoms with Crippen LogP contribution in [0.1, 0.15) is 43.2 Å². The van der Waals surface area contributed by atoms with E-state index in [1.165, 1.54) is 6.07 Å². The van der Waals surface area contributed by atoms with Crippen molar-refractivity contribution in [3.63, 3.8) is 0 Å². The number of nitrogens with zero attached hydrogens (tertiary/aromatic N) is 1. The van der Waals surface area contributed by atoms with Crippen molar-refractivity contribution in [3.8, 4) is 0 Å². The molecule has 1 saturated heterocycles. The van der Waals surface area contributed by atoms with Crippen molar-refractivity contribution in [2.75, 3.05) is 13.2 Å². The highest BCUT2D eigenvalue weighted by Crippen LogP contribution is 2.38. The van der Waals surface area contributed by atoms with E-state index in [0.717, 1.165) is 29.3 Å². The quantitative estimate of drug-likeness (QED) is 0.401. The maximum atomic E-state index is 12.9. The number of benzene rings is 2. The van der Waals surface area contributed by atoms with Crippen molar-refractivity contribution in [1.82, 2.24) is 10.3 Å². The molecule has 1 aliphatic heterocycles. The van der Waals surface area contributed by atoms with E-state index < -0.39 is 10.8 Å². The highest BCUT2D eigenvalue weighted by molar-refractivity contribution is 6.31. The summed E-state index contributed by atoms with van der Waals surface area (Å²) in [6.07, 6.45) is 3.74. The fraction of sp³-hybridized carbons (Fsp3) is 0.348. The van der Waals surface area contributed by atoms with Crippen LogP contribution in [0.25, 0.3) is 10.9 Å². The molecule has 4 rings (SSSR count). The van der Waals surface area contributed by atoms with Gasteiger partial charge in [-0.3, -0.25) is 14.9 Å². The molecule has 2 N–H and O–H groups in total. The van der Waals surface area contributed by atoms with E-state index in [-0.39, 0.29) is 23.6 Å². The lowest BCUT2D eigenvalue weighted by atomic mass is 9.87. The molecular weight excluding hydrogens is 418 g/mol. The van der Waals surface area contributed by atoms with E-state index in [4.69, 9.17) is 16.3 Å². The van der Waals surface area contributed by atoms with Crippen LogP contribution in [0, 0.1) is 10.1 Å². The number of fused-ring (bicyclic) bond motifs is 1. The molecule has 8 heteroatoms. The lowest BCUT2D eigenvalue weighted by Crippen LogP contribution is -2.40. The van der Waals surface area contributed by atoms with Gasteiger partial charge in [-0.2, -0.15) is 0 Å². The molecule has 0 radical (unpaired) electrons. The first-order valence-electron chi connectivity index (χ1n) is 10.3. The Balaban J connectivity index is 1.68. The first kappa shape index (κ1) is 21.3. The topological polar surface area (TPSA) is 97.3 Å². The van der Waals surface area contributed by atoms with Gasteiger partial charge >= 0.3 is 0 Å². The number of aromatic amines is 1. The highest BCUT2D eigenvalue weighted by atomic mass is 35.5.